The number of imide groups is 2. The second kappa shape index (κ2) is 11.5. The second-order valence-electron chi connectivity index (χ2n) is 11.9. The molecule has 2 aliphatic heterocycles. The molecule has 270 valence electrons. The molecule has 6 nitrogen and oxygen atoms in total. The lowest BCUT2D eigenvalue weighted by molar-refractivity contribution is 0.0874. The predicted octanol–water partition coefficient (Wildman–Crippen LogP) is 9.76. The molecule has 0 aromatic heterocycles. The number of halogens is 10. The van der Waals surface area contributed by atoms with Crippen LogP contribution in [0.2, 0.25) is 0 Å². The topological polar surface area (TPSA) is 74.8 Å². The third kappa shape index (κ3) is 4.01. The first-order chi connectivity index (χ1) is 25.7. The van der Waals surface area contributed by atoms with Gasteiger partial charge in [0, 0.05) is 33.0 Å². The molecule has 2 heterocycles. The normalized spacial score (nSPS) is 14.0. The molecule has 0 atom stereocenters. The number of anilines is 2. The SMILES string of the molecule is CC.O=C1c2ccc3c4ccc5c6c(ccc(c7ccc(c2c37)C(=O)N1c1c(F)c(F)c(F)c(F)c1F)c64)C(=O)N(c1c(F)c(F)c(F)c(F)c1F)C5=O. The first-order valence-electron chi connectivity index (χ1n) is 15.7. The van der Waals surface area contributed by atoms with Crippen LogP contribution in [0.5, 0.6) is 0 Å². The standard InChI is InChI=1S/C36H8F10N2O4.C2H6/c37-21-23(39)27(43)31(28(44)24(21)40)47-33(49)13-5-1-9-10-2-6-15-20-16(8-4-12(18(10)20)11-3-7-14(34(47)50)19(13)17(9)11)36(52)48(35(15)51)32-29(45)25(41)22(38)26(42)30(32)46;1-2/h1-8H;1-2H3. The van der Waals surface area contributed by atoms with Crippen molar-refractivity contribution in [3.05, 3.63) is 129 Å². The summed E-state index contributed by atoms with van der Waals surface area (Å²) in [5, 5.41) is 1.51. The minimum atomic E-state index is -2.50. The Morgan fingerprint density at radius 2 is 0.519 bits per heavy atom. The third-order valence-corrected chi connectivity index (χ3v) is 9.46. The number of fused-ring (bicyclic) bond motifs is 2. The van der Waals surface area contributed by atoms with Crippen molar-refractivity contribution in [2.75, 3.05) is 9.80 Å². The summed E-state index contributed by atoms with van der Waals surface area (Å²) in [7, 11) is 0. The summed E-state index contributed by atoms with van der Waals surface area (Å²) in [6, 6.07) is 9.93. The summed E-state index contributed by atoms with van der Waals surface area (Å²) in [6.07, 6.45) is 0. The van der Waals surface area contributed by atoms with Crippen molar-refractivity contribution >= 4 is 78.1 Å². The van der Waals surface area contributed by atoms with E-state index in [1.165, 1.54) is 24.3 Å². The van der Waals surface area contributed by atoms with Crippen LogP contribution in [-0.2, 0) is 0 Å². The average Bonchev–Trinajstić information content (AvgIpc) is 3.18. The fourth-order valence-corrected chi connectivity index (χ4v) is 7.25. The molecule has 9 rings (SSSR count). The van der Waals surface area contributed by atoms with Gasteiger partial charge in [-0.25, -0.2) is 53.7 Å². The molecule has 7 aromatic carbocycles. The Labute approximate surface area is 293 Å². The van der Waals surface area contributed by atoms with Crippen LogP contribution >= 0.6 is 0 Å². The van der Waals surface area contributed by atoms with Gasteiger partial charge in [-0.05, 0) is 56.6 Å². The molecule has 4 amide bonds. The van der Waals surface area contributed by atoms with Gasteiger partial charge in [-0.2, -0.15) is 0 Å². The zero-order chi connectivity index (χ0) is 39.0. The molecular weight excluding hydrogens is 738 g/mol. The van der Waals surface area contributed by atoms with Crippen LogP contribution in [0.25, 0.3) is 43.1 Å². The minimum absolute atomic E-state index is 0.0474. The predicted molar refractivity (Wildman–Crippen MR) is 174 cm³/mol. The van der Waals surface area contributed by atoms with Gasteiger partial charge >= 0.3 is 0 Å². The van der Waals surface area contributed by atoms with Crippen molar-refractivity contribution in [1.29, 1.82) is 0 Å². The van der Waals surface area contributed by atoms with Gasteiger partial charge in [0.2, 0.25) is 11.6 Å². The highest BCUT2D eigenvalue weighted by molar-refractivity contribution is 6.45. The van der Waals surface area contributed by atoms with Crippen molar-refractivity contribution in [3.8, 4) is 0 Å². The number of rotatable bonds is 2. The Morgan fingerprint density at radius 1 is 0.315 bits per heavy atom. The molecular formula is C38H14F10N2O4. The summed E-state index contributed by atoms with van der Waals surface area (Å²) < 4.78 is 144. The molecule has 0 saturated heterocycles. The monoisotopic (exact) mass is 752 g/mol. The summed E-state index contributed by atoms with van der Waals surface area (Å²) in [6.45, 7) is 4.00. The maximum atomic E-state index is 14.8. The van der Waals surface area contributed by atoms with Crippen LogP contribution in [0.15, 0.2) is 48.5 Å². The van der Waals surface area contributed by atoms with E-state index >= 15 is 0 Å². The first-order valence-corrected chi connectivity index (χ1v) is 15.7. The van der Waals surface area contributed by atoms with Crippen LogP contribution in [0, 0.1) is 58.2 Å². The van der Waals surface area contributed by atoms with E-state index in [9.17, 15) is 63.1 Å². The molecule has 0 spiro atoms. The maximum Gasteiger partial charge on any atom is 0.266 e. The van der Waals surface area contributed by atoms with Gasteiger partial charge in [-0.1, -0.05) is 38.1 Å². The Bertz CT molecular complexity index is 2590. The molecule has 0 saturated carbocycles. The number of benzene rings is 7. The molecule has 0 radical (unpaired) electrons. The smallest absolute Gasteiger partial charge is 0.266 e. The average molecular weight is 753 g/mol. The van der Waals surface area contributed by atoms with Gasteiger partial charge in [0.25, 0.3) is 23.6 Å². The van der Waals surface area contributed by atoms with Crippen LogP contribution < -0.4 is 9.80 Å². The van der Waals surface area contributed by atoms with E-state index in [4.69, 9.17) is 0 Å². The van der Waals surface area contributed by atoms with E-state index in [-0.39, 0.29) is 53.6 Å². The highest BCUT2D eigenvalue weighted by Crippen LogP contribution is 2.48. The Morgan fingerprint density at radius 3 is 0.741 bits per heavy atom. The number of carbonyl (C=O) groups is 4. The summed E-state index contributed by atoms with van der Waals surface area (Å²) in [5.74, 6) is -29.8. The number of hydrogen-bond donors (Lipinski definition) is 0. The summed E-state index contributed by atoms with van der Waals surface area (Å²) in [5.41, 5.74) is -4.95. The van der Waals surface area contributed by atoms with E-state index in [2.05, 4.69) is 0 Å². The van der Waals surface area contributed by atoms with Crippen molar-refractivity contribution in [3.63, 3.8) is 0 Å². The number of amides is 4. The molecule has 0 aliphatic carbocycles. The lowest BCUT2D eigenvalue weighted by atomic mass is 9.82. The quantitative estimate of drug-likeness (QED) is 0.0440. The largest absolute Gasteiger partial charge is 0.268 e. The van der Waals surface area contributed by atoms with Gasteiger partial charge in [-0.3, -0.25) is 19.2 Å². The van der Waals surface area contributed by atoms with E-state index in [0.29, 0.717) is 21.5 Å². The lowest BCUT2D eigenvalue weighted by Crippen LogP contribution is -2.42. The Kier molecular flexibility index (Phi) is 7.32. The second-order valence-corrected chi connectivity index (χ2v) is 11.9. The van der Waals surface area contributed by atoms with Gasteiger partial charge in [0.15, 0.2) is 46.5 Å². The van der Waals surface area contributed by atoms with Crippen molar-refractivity contribution < 1.29 is 63.1 Å². The first kappa shape index (κ1) is 34.5. The molecule has 0 N–H and O–H groups in total. The van der Waals surface area contributed by atoms with Crippen LogP contribution in [0.4, 0.5) is 55.3 Å². The third-order valence-electron chi connectivity index (χ3n) is 9.46. The highest BCUT2D eigenvalue weighted by atomic mass is 19.2. The van der Waals surface area contributed by atoms with Crippen molar-refractivity contribution in [2.45, 2.75) is 13.8 Å². The van der Waals surface area contributed by atoms with Gasteiger partial charge < -0.3 is 0 Å². The number of hydrogen-bond acceptors (Lipinski definition) is 4. The molecule has 54 heavy (non-hydrogen) atoms. The molecule has 7 aromatic rings. The molecule has 0 fully saturated rings. The van der Waals surface area contributed by atoms with Gasteiger partial charge in [0.05, 0.1) is 0 Å². The van der Waals surface area contributed by atoms with Crippen LogP contribution in [0.3, 0.4) is 0 Å². The molecule has 0 bridgehead atoms. The van der Waals surface area contributed by atoms with Crippen molar-refractivity contribution in [1.82, 2.24) is 0 Å². The van der Waals surface area contributed by atoms with Crippen molar-refractivity contribution in [2.24, 2.45) is 0 Å². The number of carbonyl (C=O) groups excluding carboxylic acids is 4. The summed E-state index contributed by atoms with van der Waals surface area (Å²) in [4.78, 5) is 54.5. The zero-order valence-electron chi connectivity index (χ0n) is 26.9. The highest BCUT2D eigenvalue weighted by Gasteiger charge is 2.43. The van der Waals surface area contributed by atoms with Crippen LogP contribution in [0.1, 0.15) is 55.3 Å². The van der Waals surface area contributed by atoms with Crippen LogP contribution in [-0.4, -0.2) is 23.6 Å². The Hall–Kier alpha value is -6.58. The zero-order valence-corrected chi connectivity index (χ0v) is 26.9. The molecule has 0 unspecified atom stereocenters. The van der Waals surface area contributed by atoms with Gasteiger partial charge in [-0.15, -0.1) is 0 Å². The fourth-order valence-electron chi connectivity index (χ4n) is 7.25. The maximum absolute atomic E-state index is 14.8. The van der Waals surface area contributed by atoms with Gasteiger partial charge in [0.1, 0.15) is 11.4 Å². The minimum Gasteiger partial charge on any atom is -0.268 e. The van der Waals surface area contributed by atoms with E-state index in [0.717, 1.165) is 24.3 Å². The lowest BCUT2D eigenvalue weighted by Gasteiger charge is -2.30. The fraction of sp³-hybridized carbons (Fsp3) is 0.0526. The number of nitrogens with zero attached hydrogens (tertiary/aromatic N) is 2. The van der Waals surface area contributed by atoms with E-state index < -0.39 is 93.2 Å². The molecule has 2 aliphatic rings. The summed E-state index contributed by atoms with van der Waals surface area (Å²) >= 11 is 0. The van der Waals surface area contributed by atoms with E-state index in [1.54, 1.807) is 0 Å². The molecule has 16 heteroatoms. The Balaban J connectivity index is 0.00000203. The van der Waals surface area contributed by atoms with E-state index in [1.807, 2.05) is 13.8 Å².